The molecule has 28 heavy (non-hydrogen) atoms. The molecule has 2 aromatic heterocycles. The molecule has 1 amide bonds. The molecule has 0 bridgehead atoms. The normalized spacial score (nSPS) is 20.4. The summed E-state index contributed by atoms with van der Waals surface area (Å²) in [5.74, 6) is 0.979. The summed E-state index contributed by atoms with van der Waals surface area (Å²) in [5.41, 5.74) is 1.39. The highest BCUT2D eigenvalue weighted by Crippen LogP contribution is 2.42. The van der Waals surface area contributed by atoms with E-state index in [4.69, 9.17) is 4.74 Å². The number of nitrogens with one attached hydrogen (secondary N) is 1. The maximum Gasteiger partial charge on any atom is 0.260 e. The maximum atomic E-state index is 12.7. The van der Waals surface area contributed by atoms with Gasteiger partial charge in [-0.2, -0.15) is 0 Å². The summed E-state index contributed by atoms with van der Waals surface area (Å²) in [6, 6.07) is 0. The molecule has 152 valence electrons. The number of thiophene rings is 1. The molecule has 0 saturated carbocycles. The smallest absolute Gasteiger partial charge is 0.260 e. The number of rotatable bonds is 3. The maximum absolute atomic E-state index is 12.7. The van der Waals surface area contributed by atoms with Crippen LogP contribution in [0.4, 0.5) is 0 Å². The second kappa shape index (κ2) is 7.80. The minimum absolute atomic E-state index is 0.0644. The van der Waals surface area contributed by atoms with Gasteiger partial charge in [0.05, 0.1) is 24.4 Å². The highest BCUT2D eigenvalue weighted by atomic mass is 32.2. The van der Waals surface area contributed by atoms with Crippen molar-refractivity contribution in [2.24, 2.45) is 11.3 Å². The number of hydrogen-bond donors (Lipinski definition) is 1. The van der Waals surface area contributed by atoms with Crippen molar-refractivity contribution >= 4 is 39.2 Å². The van der Waals surface area contributed by atoms with E-state index in [1.165, 1.54) is 22.2 Å². The Morgan fingerprint density at radius 2 is 2.11 bits per heavy atom. The first-order valence-corrected chi connectivity index (χ1v) is 11.7. The number of ether oxygens (including phenoxy) is 1. The van der Waals surface area contributed by atoms with E-state index in [0.29, 0.717) is 37.4 Å². The molecule has 1 N–H and O–H groups in total. The van der Waals surface area contributed by atoms with Gasteiger partial charge in [0.2, 0.25) is 5.91 Å². The highest BCUT2D eigenvalue weighted by molar-refractivity contribution is 7.99. The predicted octanol–water partition coefficient (Wildman–Crippen LogP) is 3.09. The van der Waals surface area contributed by atoms with Gasteiger partial charge in [0.15, 0.2) is 5.16 Å². The molecule has 6 nitrogen and oxygen atoms in total. The molecule has 0 radical (unpaired) electrons. The summed E-state index contributed by atoms with van der Waals surface area (Å²) in [5, 5.41) is 1.29. The number of fused-ring (bicyclic) bond motifs is 3. The van der Waals surface area contributed by atoms with Crippen LogP contribution in [-0.2, 0) is 22.4 Å². The van der Waals surface area contributed by atoms with Gasteiger partial charge >= 0.3 is 0 Å². The minimum Gasteiger partial charge on any atom is -0.378 e. The van der Waals surface area contributed by atoms with Crippen molar-refractivity contribution in [1.82, 2.24) is 14.9 Å². The number of aryl methyl sites for hydroxylation is 1. The summed E-state index contributed by atoms with van der Waals surface area (Å²) in [7, 11) is 0. The van der Waals surface area contributed by atoms with Crippen LogP contribution in [0.3, 0.4) is 0 Å². The topological polar surface area (TPSA) is 75.3 Å². The van der Waals surface area contributed by atoms with Crippen molar-refractivity contribution in [3.05, 3.63) is 20.8 Å². The van der Waals surface area contributed by atoms with Gasteiger partial charge in [0, 0.05) is 18.0 Å². The fraction of sp³-hybridized carbons (Fsp3) is 0.650. The van der Waals surface area contributed by atoms with Crippen molar-refractivity contribution in [1.29, 1.82) is 0 Å². The van der Waals surface area contributed by atoms with E-state index in [0.717, 1.165) is 29.5 Å². The van der Waals surface area contributed by atoms with Crippen LogP contribution >= 0.6 is 23.1 Å². The number of aromatic nitrogens is 2. The van der Waals surface area contributed by atoms with E-state index in [2.05, 4.69) is 30.7 Å². The Bertz CT molecular complexity index is 939. The molecular weight excluding hydrogens is 394 g/mol. The number of carbonyl (C=O) groups is 1. The van der Waals surface area contributed by atoms with Crippen LogP contribution in [0.25, 0.3) is 10.2 Å². The lowest BCUT2D eigenvalue weighted by molar-refractivity contribution is -0.132. The number of H-pyrrole nitrogens is 1. The number of morpholine rings is 1. The first kappa shape index (κ1) is 19.9. The molecule has 0 aromatic carbocycles. The lowest BCUT2D eigenvalue weighted by atomic mass is 9.72. The Morgan fingerprint density at radius 3 is 2.82 bits per heavy atom. The summed E-state index contributed by atoms with van der Waals surface area (Å²) in [4.78, 5) is 36.6. The van der Waals surface area contributed by atoms with E-state index >= 15 is 0 Å². The van der Waals surface area contributed by atoms with Gasteiger partial charge in [0.1, 0.15) is 4.83 Å². The van der Waals surface area contributed by atoms with E-state index in [1.54, 1.807) is 11.3 Å². The number of hydrogen-bond acceptors (Lipinski definition) is 6. The van der Waals surface area contributed by atoms with Crippen LogP contribution in [0.1, 0.15) is 37.6 Å². The molecule has 2 aromatic rings. The van der Waals surface area contributed by atoms with E-state index in [9.17, 15) is 9.59 Å². The van der Waals surface area contributed by atoms with E-state index < -0.39 is 0 Å². The lowest BCUT2D eigenvalue weighted by Gasteiger charge is -2.33. The molecule has 0 spiro atoms. The summed E-state index contributed by atoms with van der Waals surface area (Å²) in [6.07, 6.45) is 3.09. The number of nitrogens with zero attached hydrogens (tertiary/aromatic N) is 2. The van der Waals surface area contributed by atoms with Gasteiger partial charge in [-0.25, -0.2) is 4.98 Å². The monoisotopic (exact) mass is 421 g/mol. The molecule has 1 aliphatic heterocycles. The summed E-state index contributed by atoms with van der Waals surface area (Å²) >= 11 is 2.96. The van der Waals surface area contributed by atoms with Crippen molar-refractivity contribution < 1.29 is 9.53 Å². The molecular formula is C20H27N3O3S2. The van der Waals surface area contributed by atoms with Crippen LogP contribution in [-0.4, -0.2) is 52.8 Å². The third-order valence-electron chi connectivity index (χ3n) is 5.82. The second-order valence-corrected chi connectivity index (χ2v) is 10.7. The minimum atomic E-state index is -0.0713. The lowest BCUT2D eigenvalue weighted by Crippen LogP contribution is -2.41. The van der Waals surface area contributed by atoms with Crippen molar-refractivity contribution in [3.8, 4) is 0 Å². The predicted molar refractivity (Wildman–Crippen MR) is 113 cm³/mol. The molecule has 1 fully saturated rings. The number of aromatic amines is 1. The van der Waals surface area contributed by atoms with Gasteiger partial charge in [-0.05, 0) is 36.2 Å². The van der Waals surface area contributed by atoms with E-state index in [-0.39, 0.29) is 22.6 Å². The first-order valence-electron chi connectivity index (χ1n) is 9.86. The van der Waals surface area contributed by atoms with Crippen LogP contribution in [0.15, 0.2) is 9.95 Å². The molecule has 1 saturated heterocycles. The van der Waals surface area contributed by atoms with Crippen molar-refractivity contribution in [2.75, 3.05) is 32.1 Å². The van der Waals surface area contributed by atoms with Crippen LogP contribution in [0.2, 0.25) is 0 Å². The number of amides is 1. The average Bonchev–Trinajstić information content (AvgIpc) is 3.04. The third-order valence-corrected chi connectivity index (χ3v) is 7.82. The first-order chi connectivity index (χ1) is 13.3. The SMILES string of the molecule is CC(C)(C)[C@@H]1CCc2c(sc3nc(SCC(=O)N4CCOCC4)[nH]c(=O)c23)C1. The van der Waals surface area contributed by atoms with Crippen molar-refractivity contribution in [2.45, 2.75) is 45.2 Å². The molecule has 4 rings (SSSR count). The number of carbonyl (C=O) groups excluding carboxylic acids is 1. The highest BCUT2D eigenvalue weighted by Gasteiger charge is 2.31. The second-order valence-electron chi connectivity index (χ2n) is 8.64. The molecule has 1 aliphatic carbocycles. The standard InChI is InChI=1S/C20H27N3O3S2/c1-20(2,3)12-4-5-13-14(10-12)28-18-16(13)17(25)21-19(22-18)27-11-15(24)23-6-8-26-9-7-23/h12H,4-11H2,1-3H3,(H,21,22,25)/t12-/m1/s1. The molecule has 3 heterocycles. The van der Waals surface area contributed by atoms with Gasteiger partial charge in [-0.15, -0.1) is 11.3 Å². The Kier molecular flexibility index (Phi) is 5.55. The molecule has 1 atom stereocenters. The largest absolute Gasteiger partial charge is 0.378 e. The van der Waals surface area contributed by atoms with Gasteiger partial charge in [-0.3, -0.25) is 9.59 Å². The zero-order valence-corrected chi connectivity index (χ0v) is 18.3. The van der Waals surface area contributed by atoms with Crippen LogP contribution < -0.4 is 5.56 Å². The Balaban J connectivity index is 1.53. The van der Waals surface area contributed by atoms with E-state index in [1.807, 2.05) is 4.90 Å². The Labute approximate surface area is 173 Å². The van der Waals surface area contributed by atoms with Crippen LogP contribution in [0, 0.1) is 11.3 Å². The average molecular weight is 422 g/mol. The summed E-state index contributed by atoms with van der Waals surface area (Å²) in [6.45, 7) is 9.33. The zero-order chi connectivity index (χ0) is 19.9. The molecule has 8 heteroatoms. The molecule has 0 unspecified atom stereocenters. The quantitative estimate of drug-likeness (QED) is 0.609. The number of thioether (sulfide) groups is 1. The fourth-order valence-corrected chi connectivity index (χ4v) is 6.13. The fourth-order valence-electron chi connectivity index (χ4n) is 4.01. The summed E-state index contributed by atoms with van der Waals surface area (Å²) < 4.78 is 5.29. The third kappa shape index (κ3) is 4.00. The van der Waals surface area contributed by atoms with Gasteiger partial charge < -0.3 is 14.6 Å². The van der Waals surface area contributed by atoms with Gasteiger partial charge in [-0.1, -0.05) is 32.5 Å². The van der Waals surface area contributed by atoms with Crippen LogP contribution in [0.5, 0.6) is 0 Å². The zero-order valence-electron chi connectivity index (χ0n) is 16.7. The van der Waals surface area contributed by atoms with Gasteiger partial charge in [0.25, 0.3) is 5.56 Å². The Morgan fingerprint density at radius 1 is 1.36 bits per heavy atom. The van der Waals surface area contributed by atoms with Crippen molar-refractivity contribution in [3.63, 3.8) is 0 Å². The Hall–Kier alpha value is -1.38. The molecule has 2 aliphatic rings.